The molecule has 0 bridgehead atoms. The predicted octanol–water partition coefficient (Wildman–Crippen LogP) is 2.90. The molecule has 0 aromatic heterocycles. The lowest BCUT2D eigenvalue weighted by Gasteiger charge is -2.34. The number of primary amides is 1. The van der Waals surface area contributed by atoms with Crippen molar-refractivity contribution < 1.29 is 19.5 Å². The van der Waals surface area contributed by atoms with Gasteiger partial charge in [-0.05, 0) is 54.3 Å². The fourth-order valence-electron chi connectivity index (χ4n) is 6.76. The minimum Gasteiger partial charge on any atom is -0.383 e. The molecule has 0 aromatic carbocycles. The standard InChI is InChI=1S/C25H39N3O4S/c1-23(2,3)20(27-33)22(32)28-14-25(13-24(25)8-5-9-24)12-17(28)18(29)11-16(19(30)21(26)31)10-15-6-4-7-15/h15-17,19-20,30H,4-14H2,1-3H3,(H2,26,31)/t16?,17-,19?,20+,25-/m0/s1. The highest BCUT2D eigenvalue weighted by Crippen LogP contribution is 2.77. The van der Waals surface area contributed by atoms with Gasteiger partial charge in [0, 0.05) is 31.3 Å². The first-order chi connectivity index (χ1) is 15.4. The van der Waals surface area contributed by atoms with Crippen LogP contribution in [0.3, 0.4) is 0 Å². The Morgan fingerprint density at radius 1 is 1.18 bits per heavy atom. The van der Waals surface area contributed by atoms with Gasteiger partial charge in [-0.2, -0.15) is 0 Å². The van der Waals surface area contributed by atoms with Gasteiger partial charge in [0.25, 0.3) is 0 Å². The van der Waals surface area contributed by atoms with E-state index < -0.39 is 35.4 Å². The molecule has 8 heteroatoms. The molecular formula is C25H39N3O4S. The summed E-state index contributed by atoms with van der Waals surface area (Å²) in [4.78, 5) is 40.8. The lowest BCUT2D eigenvalue weighted by atomic mass is 9.73. The number of carbonyl (C=O) groups is 3. The first kappa shape index (κ1) is 24.7. The fraction of sp³-hybridized carbons (Fsp3) is 0.880. The number of likely N-dealkylation sites (tertiary alicyclic amines) is 1. The Kier molecular flexibility index (Phi) is 6.49. The number of hydrogen-bond acceptors (Lipinski definition) is 6. The van der Waals surface area contributed by atoms with Crippen LogP contribution in [0.2, 0.25) is 0 Å². The molecule has 3 N–H and O–H groups in total. The SMILES string of the molecule is CC(C)(C)[C@H](N=S)C(=O)N1C[C@]2(C[C@H]1C(=O)CC(CC1CCC1)C(O)C(N)=O)CC21CCC1. The van der Waals surface area contributed by atoms with Crippen LogP contribution < -0.4 is 5.73 Å². The first-order valence-corrected chi connectivity index (χ1v) is 12.9. The number of carbonyl (C=O) groups excluding carboxylic acids is 3. The van der Waals surface area contributed by atoms with Gasteiger partial charge >= 0.3 is 0 Å². The van der Waals surface area contributed by atoms with Gasteiger partial charge in [0.15, 0.2) is 5.78 Å². The number of rotatable bonds is 9. The average molecular weight is 478 g/mol. The van der Waals surface area contributed by atoms with E-state index in [2.05, 4.69) is 4.36 Å². The Hall–Kier alpha value is -1.41. The third kappa shape index (κ3) is 4.38. The Bertz CT molecular complexity index is 832. The van der Waals surface area contributed by atoms with Gasteiger partial charge in [-0.15, -0.1) is 0 Å². The van der Waals surface area contributed by atoms with Gasteiger partial charge in [0.1, 0.15) is 12.1 Å². The lowest BCUT2D eigenvalue weighted by Crippen LogP contribution is -2.49. The molecule has 184 valence electrons. The molecule has 4 aliphatic rings. The Morgan fingerprint density at radius 3 is 2.27 bits per heavy atom. The van der Waals surface area contributed by atoms with E-state index in [1.54, 1.807) is 4.90 Å². The minimum atomic E-state index is -1.34. The van der Waals surface area contributed by atoms with Crippen molar-refractivity contribution in [3.8, 4) is 0 Å². The molecule has 3 aliphatic carbocycles. The average Bonchev–Trinajstić information content (AvgIpc) is 3.17. The van der Waals surface area contributed by atoms with Crippen LogP contribution in [0, 0.1) is 28.1 Å². The highest BCUT2D eigenvalue weighted by Gasteiger charge is 2.73. The molecule has 3 saturated carbocycles. The van der Waals surface area contributed by atoms with E-state index >= 15 is 0 Å². The van der Waals surface area contributed by atoms with E-state index in [4.69, 9.17) is 18.2 Å². The van der Waals surface area contributed by atoms with E-state index in [-0.39, 0.29) is 23.5 Å². The van der Waals surface area contributed by atoms with E-state index in [0.717, 1.165) is 25.7 Å². The van der Waals surface area contributed by atoms with Crippen molar-refractivity contribution in [1.29, 1.82) is 0 Å². The smallest absolute Gasteiger partial charge is 0.249 e. The third-order valence-corrected chi connectivity index (χ3v) is 9.51. The number of nitrogens with two attached hydrogens (primary N) is 1. The molecule has 2 amide bonds. The molecule has 7 nitrogen and oxygen atoms in total. The third-order valence-electron chi connectivity index (χ3n) is 9.30. The Labute approximate surface area is 202 Å². The summed E-state index contributed by atoms with van der Waals surface area (Å²) in [6.45, 7) is 6.41. The molecule has 33 heavy (non-hydrogen) atoms. The number of ketones is 1. The minimum absolute atomic E-state index is 0.0247. The van der Waals surface area contributed by atoms with Crippen LogP contribution >= 0.6 is 0 Å². The summed E-state index contributed by atoms with van der Waals surface area (Å²) in [5, 5.41) is 10.5. The van der Waals surface area contributed by atoms with Crippen LogP contribution in [0.15, 0.2) is 4.36 Å². The number of amides is 2. The fourth-order valence-corrected chi connectivity index (χ4v) is 7.17. The summed E-state index contributed by atoms with van der Waals surface area (Å²) < 4.78 is 3.99. The van der Waals surface area contributed by atoms with Crippen molar-refractivity contribution in [2.45, 2.75) is 103 Å². The highest BCUT2D eigenvalue weighted by molar-refractivity contribution is 7.47. The molecule has 1 saturated heterocycles. The molecule has 2 unspecified atom stereocenters. The maximum absolute atomic E-state index is 13.7. The Morgan fingerprint density at radius 2 is 1.85 bits per heavy atom. The number of aliphatic hydroxyl groups excluding tert-OH is 1. The summed E-state index contributed by atoms with van der Waals surface area (Å²) >= 11 is 5.00. The zero-order valence-corrected chi connectivity index (χ0v) is 21.0. The second kappa shape index (κ2) is 8.67. The van der Waals surface area contributed by atoms with Crippen molar-refractivity contribution in [3.05, 3.63) is 0 Å². The molecule has 4 fully saturated rings. The summed E-state index contributed by atoms with van der Waals surface area (Å²) in [6.07, 6.45) is 7.94. The lowest BCUT2D eigenvalue weighted by molar-refractivity contribution is -0.141. The van der Waals surface area contributed by atoms with Crippen molar-refractivity contribution in [2.75, 3.05) is 6.54 Å². The van der Waals surface area contributed by atoms with Gasteiger partial charge in [-0.1, -0.05) is 46.5 Å². The number of Topliss-reactive ketones (excluding diaryl/α,β-unsaturated/α-hetero) is 1. The topological polar surface area (TPSA) is 113 Å². The van der Waals surface area contributed by atoms with Crippen LogP contribution in [0.5, 0.6) is 0 Å². The van der Waals surface area contributed by atoms with Crippen molar-refractivity contribution in [1.82, 2.24) is 4.90 Å². The van der Waals surface area contributed by atoms with Crippen molar-refractivity contribution in [2.24, 2.45) is 38.2 Å². The normalized spacial score (nSPS) is 30.9. The maximum atomic E-state index is 13.7. The summed E-state index contributed by atoms with van der Waals surface area (Å²) in [5.41, 5.74) is 5.29. The molecular weight excluding hydrogens is 438 g/mol. The second-order valence-electron chi connectivity index (χ2n) is 12.5. The Balaban J connectivity index is 1.55. The molecule has 1 aliphatic heterocycles. The zero-order chi connectivity index (χ0) is 24.2. The quantitative estimate of drug-likeness (QED) is 0.530. The number of aliphatic hydroxyl groups is 1. The molecule has 2 spiro atoms. The van der Waals surface area contributed by atoms with Gasteiger partial charge in [-0.3, -0.25) is 14.4 Å². The molecule has 0 aromatic rings. The first-order valence-electron chi connectivity index (χ1n) is 12.6. The molecule has 0 radical (unpaired) electrons. The summed E-state index contributed by atoms with van der Waals surface area (Å²) in [6, 6.07) is -1.22. The monoisotopic (exact) mass is 477 g/mol. The van der Waals surface area contributed by atoms with Crippen LogP contribution in [0.4, 0.5) is 0 Å². The highest BCUT2D eigenvalue weighted by atomic mass is 32.1. The van der Waals surface area contributed by atoms with Crippen molar-refractivity contribution >= 4 is 30.0 Å². The molecule has 4 rings (SSSR count). The van der Waals surface area contributed by atoms with Crippen LogP contribution in [-0.2, 0) is 26.8 Å². The van der Waals surface area contributed by atoms with Crippen LogP contribution in [0.1, 0.15) is 85.0 Å². The van der Waals surface area contributed by atoms with Crippen molar-refractivity contribution in [3.63, 3.8) is 0 Å². The predicted molar refractivity (Wildman–Crippen MR) is 127 cm³/mol. The van der Waals surface area contributed by atoms with Gasteiger partial charge in [0.05, 0.1) is 6.04 Å². The largest absolute Gasteiger partial charge is 0.383 e. The van der Waals surface area contributed by atoms with E-state index in [9.17, 15) is 19.5 Å². The van der Waals surface area contributed by atoms with Crippen LogP contribution in [-0.4, -0.2) is 52.3 Å². The summed E-state index contributed by atoms with van der Waals surface area (Å²) in [7, 11) is 0. The van der Waals surface area contributed by atoms with Gasteiger partial charge in [-0.25, -0.2) is 4.36 Å². The number of hydrogen-bond donors (Lipinski definition) is 2. The van der Waals surface area contributed by atoms with E-state index in [1.807, 2.05) is 20.8 Å². The molecule has 1 heterocycles. The van der Waals surface area contributed by atoms with E-state index in [0.29, 0.717) is 30.7 Å². The number of nitrogens with zero attached hydrogens (tertiary/aromatic N) is 2. The van der Waals surface area contributed by atoms with E-state index in [1.165, 1.54) is 19.3 Å². The number of fused-ring (bicyclic) bond motifs is 1. The maximum Gasteiger partial charge on any atom is 0.249 e. The van der Waals surface area contributed by atoms with Gasteiger partial charge < -0.3 is 15.7 Å². The van der Waals surface area contributed by atoms with Crippen LogP contribution in [0.25, 0.3) is 0 Å². The zero-order valence-electron chi connectivity index (χ0n) is 20.2. The second-order valence-corrected chi connectivity index (χ2v) is 12.7. The summed E-state index contributed by atoms with van der Waals surface area (Å²) in [5.74, 6) is -1.08. The van der Waals surface area contributed by atoms with Gasteiger partial charge in [0.2, 0.25) is 11.8 Å². The molecule has 5 atom stereocenters.